The maximum atomic E-state index is 14.0. The van der Waals surface area contributed by atoms with Gasteiger partial charge in [-0.05, 0) is 69.4 Å². The quantitative estimate of drug-likeness (QED) is 0.0625. The molecule has 0 bridgehead atoms. The lowest BCUT2D eigenvalue weighted by Gasteiger charge is -2.32. The molecule has 12 nitrogen and oxygen atoms in total. The van der Waals surface area contributed by atoms with Gasteiger partial charge < -0.3 is 44.7 Å². The third kappa shape index (κ3) is 14.0. The summed E-state index contributed by atoms with van der Waals surface area (Å²) in [5.41, 5.74) is -1.87. The van der Waals surface area contributed by atoms with Gasteiger partial charge in [-0.1, -0.05) is 51.1 Å². The minimum atomic E-state index is -1.50. The first kappa shape index (κ1) is 45.6. The molecule has 0 spiro atoms. The van der Waals surface area contributed by atoms with Crippen molar-refractivity contribution in [1.29, 1.82) is 0 Å². The molecule has 0 amide bonds. The summed E-state index contributed by atoms with van der Waals surface area (Å²) in [6.45, 7) is 11.9. The first-order valence-corrected chi connectivity index (χ1v) is 17.8. The molecule has 0 radical (unpaired) electrons. The average molecular weight is 754 g/mol. The summed E-state index contributed by atoms with van der Waals surface area (Å²) in [4.78, 5) is 33.0. The van der Waals surface area contributed by atoms with Crippen LogP contribution < -0.4 is 5.32 Å². The highest BCUT2D eigenvalue weighted by atomic mass is 19.2. The number of cyclic esters (lactones) is 1. The Morgan fingerprint density at radius 2 is 1.87 bits per heavy atom. The van der Waals surface area contributed by atoms with Crippen molar-refractivity contribution < 1.29 is 62.5 Å². The number of halogens is 2. The Labute approximate surface area is 310 Å². The van der Waals surface area contributed by atoms with E-state index in [1.54, 1.807) is 58.3 Å². The molecule has 1 aromatic carbocycles. The Morgan fingerprint density at radius 3 is 2.45 bits per heavy atom. The van der Waals surface area contributed by atoms with Gasteiger partial charge in [-0.3, -0.25) is 14.4 Å². The number of hydrogen-bond acceptors (Lipinski definition) is 11. The van der Waals surface area contributed by atoms with Crippen LogP contribution >= 0.6 is 0 Å². The van der Waals surface area contributed by atoms with Gasteiger partial charge in [-0.2, -0.15) is 0 Å². The summed E-state index contributed by atoms with van der Waals surface area (Å²) in [5.74, 6) is -3.51. The molecule has 2 heterocycles. The number of hydrogen-bond donors (Lipinski definition) is 5. The van der Waals surface area contributed by atoms with Crippen LogP contribution in [0.2, 0.25) is 0 Å². The fraction of sp³-hybridized carbons (Fsp3) is 0.615. The fourth-order valence-electron chi connectivity index (χ4n) is 6.55. The van der Waals surface area contributed by atoms with E-state index in [2.05, 4.69) is 5.32 Å². The molecule has 2 aliphatic rings. The molecule has 1 aromatic rings. The van der Waals surface area contributed by atoms with E-state index in [0.717, 1.165) is 18.6 Å². The topological polar surface area (TPSA) is 184 Å². The van der Waals surface area contributed by atoms with Crippen LogP contribution in [0.15, 0.2) is 54.2 Å². The number of allylic oxidation sites excluding steroid dienone is 2. The molecule has 2 unspecified atom stereocenters. The number of carboxylic acid groups (broad SMARTS) is 1. The summed E-state index contributed by atoms with van der Waals surface area (Å²) in [7, 11) is 1.65. The van der Waals surface area contributed by atoms with Gasteiger partial charge in [0.2, 0.25) is 0 Å². The van der Waals surface area contributed by atoms with Crippen LogP contribution in [0.1, 0.15) is 79.7 Å². The largest absolute Gasteiger partial charge is 0.483 e. The molecule has 14 heteroatoms. The van der Waals surface area contributed by atoms with Gasteiger partial charge in [0, 0.05) is 32.4 Å². The Balaban J connectivity index is 0.00000313. The third-order valence-corrected chi connectivity index (χ3v) is 9.70. The van der Waals surface area contributed by atoms with E-state index >= 15 is 0 Å². The van der Waals surface area contributed by atoms with E-state index in [0.29, 0.717) is 11.1 Å². The molecular formula is C39H57F2NO11. The van der Waals surface area contributed by atoms with Crippen molar-refractivity contribution in [3.8, 4) is 0 Å². The molecule has 5 N–H and O–H groups in total. The lowest BCUT2D eigenvalue weighted by molar-refractivity contribution is -0.157. The maximum absolute atomic E-state index is 14.0. The Bertz CT molecular complexity index is 1440. The van der Waals surface area contributed by atoms with Gasteiger partial charge in [-0.25, -0.2) is 8.78 Å². The molecule has 3 rings (SSSR count). The van der Waals surface area contributed by atoms with E-state index in [1.165, 1.54) is 19.9 Å². The molecular weight excluding hydrogens is 696 g/mol. The number of carbonyl (C=O) groups is 3. The first-order valence-electron chi connectivity index (χ1n) is 17.8. The average Bonchev–Trinajstić information content (AvgIpc) is 3.86. The van der Waals surface area contributed by atoms with Crippen molar-refractivity contribution in [2.24, 2.45) is 11.8 Å². The van der Waals surface area contributed by atoms with Crippen LogP contribution in [0, 0.1) is 23.5 Å². The molecule has 0 aliphatic carbocycles. The second kappa shape index (κ2) is 20.8. The number of benzene rings is 1. The van der Waals surface area contributed by atoms with E-state index in [1.807, 2.05) is 13.8 Å². The monoisotopic (exact) mass is 753 g/mol. The molecule has 11 atom stereocenters. The molecule has 1 fully saturated rings. The standard InChI is InChI=1S/C38H55F2NO9.CH2O2/c1-9-30(47-8)24(4)34-35(50-34)36(41-21-26-13-14-28(39)29(40)19-26)38(7,46)17-10-11-22(2)33-23(3)12-15-31(48-25(5)42)37(6,45)18-16-27(43)20-32(44)49-33;2-1-3/h10-15,17,19,23-24,27,30-31,33-36,41,43,45-46H,9,16,18,20-21H2,1-8H3;1H,(H,2,3)/b15-12+,17-10+,22-11+;/t23-,24+,27+,30-,31-,33+,34+,35-,36?,37+,38?;/m0./s1. The van der Waals surface area contributed by atoms with Crippen LogP contribution in [0.3, 0.4) is 0 Å². The number of methoxy groups -OCH3 is 1. The minimum Gasteiger partial charge on any atom is -0.483 e. The van der Waals surface area contributed by atoms with Crippen molar-refractivity contribution in [3.63, 3.8) is 0 Å². The Hall–Kier alpha value is -3.53. The van der Waals surface area contributed by atoms with Crippen LogP contribution in [0.4, 0.5) is 8.78 Å². The number of esters is 2. The predicted molar refractivity (Wildman–Crippen MR) is 192 cm³/mol. The number of carbonyl (C=O) groups excluding carboxylic acids is 2. The summed E-state index contributed by atoms with van der Waals surface area (Å²) >= 11 is 0. The number of epoxide rings is 1. The SMILES string of the molecule is CC[C@H](OC)[C@@H](C)[C@H]1O[C@@H]1C(NCc1ccc(F)c(F)c1)C(C)(O)/C=C/C=C(\C)[C@H]1OC(=O)C[C@H](O)CC[C@@](C)(O)[C@@H](OC(C)=O)/C=C/[C@@H]1C.O=CO. The van der Waals surface area contributed by atoms with Crippen LogP contribution in [-0.4, -0.2) is 99.8 Å². The number of aliphatic hydroxyl groups is 3. The van der Waals surface area contributed by atoms with Crippen molar-refractivity contribution >= 4 is 18.4 Å². The van der Waals surface area contributed by atoms with Crippen LogP contribution in [-0.2, 0) is 39.9 Å². The van der Waals surface area contributed by atoms with Crippen molar-refractivity contribution in [1.82, 2.24) is 5.32 Å². The second-order valence-corrected chi connectivity index (χ2v) is 14.3. The van der Waals surface area contributed by atoms with Gasteiger partial charge in [0.05, 0.1) is 36.4 Å². The lowest BCUT2D eigenvalue weighted by atomic mass is 9.87. The smallest absolute Gasteiger partial charge is 0.309 e. The molecule has 0 saturated carbocycles. The normalized spacial score (nSPS) is 30.2. The highest BCUT2D eigenvalue weighted by Crippen LogP contribution is 2.39. The summed E-state index contributed by atoms with van der Waals surface area (Å²) in [5, 5.41) is 43.5. The van der Waals surface area contributed by atoms with Gasteiger partial charge in [0.1, 0.15) is 23.9 Å². The van der Waals surface area contributed by atoms with Gasteiger partial charge >= 0.3 is 11.9 Å². The maximum Gasteiger partial charge on any atom is 0.309 e. The zero-order chi connectivity index (χ0) is 40.1. The van der Waals surface area contributed by atoms with Gasteiger partial charge in [-0.15, -0.1) is 0 Å². The Kier molecular flexibility index (Phi) is 17.9. The number of rotatable bonds is 13. The summed E-state index contributed by atoms with van der Waals surface area (Å²) in [6, 6.07) is 2.98. The Morgan fingerprint density at radius 1 is 1.21 bits per heavy atom. The van der Waals surface area contributed by atoms with E-state index in [4.69, 9.17) is 28.8 Å². The molecule has 2 aliphatic heterocycles. The zero-order valence-electron chi connectivity index (χ0n) is 31.8. The predicted octanol–water partition coefficient (Wildman–Crippen LogP) is 4.54. The van der Waals surface area contributed by atoms with Crippen molar-refractivity contribution in [2.45, 2.75) is 135 Å². The van der Waals surface area contributed by atoms with E-state index < -0.39 is 71.2 Å². The van der Waals surface area contributed by atoms with E-state index in [-0.39, 0.29) is 50.4 Å². The summed E-state index contributed by atoms with van der Waals surface area (Å²) in [6.07, 6.45) is 5.35. The third-order valence-electron chi connectivity index (χ3n) is 9.70. The molecule has 0 aromatic heterocycles. The highest BCUT2D eigenvalue weighted by Gasteiger charge is 2.54. The summed E-state index contributed by atoms with van der Waals surface area (Å²) < 4.78 is 50.4. The highest BCUT2D eigenvalue weighted by molar-refractivity contribution is 5.70. The minimum absolute atomic E-state index is 0.0254. The first-order chi connectivity index (χ1) is 24.8. The van der Waals surface area contributed by atoms with Gasteiger partial charge in [0.15, 0.2) is 11.6 Å². The molecule has 53 heavy (non-hydrogen) atoms. The van der Waals surface area contributed by atoms with Crippen LogP contribution in [0.5, 0.6) is 0 Å². The van der Waals surface area contributed by atoms with Crippen molar-refractivity contribution in [2.75, 3.05) is 7.11 Å². The molecule has 1 saturated heterocycles. The fourth-order valence-corrected chi connectivity index (χ4v) is 6.55. The van der Waals surface area contributed by atoms with Gasteiger partial charge in [0.25, 0.3) is 6.47 Å². The molecule has 298 valence electrons. The zero-order valence-corrected chi connectivity index (χ0v) is 31.8. The lowest BCUT2D eigenvalue weighted by Crippen LogP contribution is -2.52. The van der Waals surface area contributed by atoms with Crippen LogP contribution in [0.25, 0.3) is 0 Å². The van der Waals surface area contributed by atoms with Crippen molar-refractivity contribution in [3.05, 3.63) is 71.4 Å². The van der Waals surface area contributed by atoms with E-state index in [9.17, 15) is 33.7 Å². The number of nitrogens with one attached hydrogen (secondary N) is 1. The second-order valence-electron chi connectivity index (χ2n) is 14.3. The number of aliphatic hydroxyl groups excluding tert-OH is 1. The number of ether oxygens (including phenoxy) is 4.